The summed E-state index contributed by atoms with van der Waals surface area (Å²) in [6.07, 6.45) is -4.44. The molecule has 2 rings (SSSR count). The molecular formula is C16H15F3N2O4S. The lowest BCUT2D eigenvalue weighted by molar-refractivity contribution is -0.274. The minimum Gasteiger partial charge on any atom is -0.406 e. The molecule has 0 fully saturated rings. The number of nitrogens with two attached hydrogens (primary N) is 1. The van der Waals surface area contributed by atoms with Gasteiger partial charge in [-0.15, -0.1) is 13.2 Å². The van der Waals surface area contributed by atoms with Crippen LogP contribution in [0.1, 0.15) is 12.0 Å². The zero-order valence-electron chi connectivity index (χ0n) is 13.3. The quantitative estimate of drug-likeness (QED) is 0.795. The third kappa shape index (κ3) is 6.37. The number of rotatable bonds is 6. The van der Waals surface area contributed by atoms with Crippen molar-refractivity contribution in [3.05, 3.63) is 54.1 Å². The van der Waals surface area contributed by atoms with E-state index in [9.17, 15) is 26.4 Å². The number of carbonyl (C=O) groups excluding carboxylic acids is 1. The van der Waals surface area contributed by atoms with Crippen molar-refractivity contribution in [1.82, 2.24) is 0 Å². The van der Waals surface area contributed by atoms with Gasteiger partial charge in [-0.2, -0.15) is 0 Å². The minimum atomic E-state index is -4.81. The number of amides is 1. The van der Waals surface area contributed by atoms with Crippen LogP contribution in [0.4, 0.5) is 18.9 Å². The zero-order valence-corrected chi connectivity index (χ0v) is 14.1. The van der Waals surface area contributed by atoms with Crippen molar-refractivity contribution in [2.45, 2.75) is 24.1 Å². The van der Waals surface area contributed by atoms with Gasteiger partial charge in [-0.1, -0.05) is 18.2 Å². The number of anilines is 1. The van der Waals surface area contributed by atoms with Gasteiger partial charge in [0.15, 0.2) is 0 Å². The maximum Gasteiger partial charge on any atom is 0.573 e. The first-order chi connectivity index (χ1) is 12.0. The van der Waals surface area contributed by atoms with Crippen molar-refractivity contribution in [2.75, 3.05) is 5.32 Å². The zero-order chi connectivity index (χ0) is 19.4. The average molecular weight is 388 g/mol. The molecule has 1 amide bonds. The number of ether oxygens (including phenoxy) is 1. The van der Waals surface area contributed by atoms with E-state index in [-0.39, 0.29) is 17.0 Å². The number of benzene rings is 2. The molecule has 0 saturated carbocycles. The van der Waals surface area contributed by atoms with Crippen molar-refractivity contribution < 1.29 is 31.1 Å². The van der Waals surface area contributed by atoms with E-state index in [4.69, 9.17) is 5.14 Å². The van der Waals surface area contributed by atoms with E-state index in [2.05, 4.69) is 10.1 Å². The van der Waals surface area contributed by atoms with Crippen LogP contribution in [0.5, 0.6) is 5.75 Å². The molecule has 0 aliphatic carbocycles. The van der Waals surface area contributed by atoms with Crippen molar-refractivity contribution >= 4 is 21.6 Å². The number of hydrogen-bond acceptors (Lipinski definition) is 4. The van der Waals surface area contributed by atoms with E-state index >= 15 is 0 Å². The molecule has 0 aliphatic heterocycles. The van der Waals surface area contributed by atoms with Crippen molar-refractivity contribution in [3.63, 3.8) is 0 Å². The minimum absolute atomic E-state index is 0.0350. The number of alkyl halides is 3. The molecule has 2 aromatic carbocycles. The normalized spacial score (nSPS) is 11.8. The molecule has 0 aromatic heterocycles. The van der Waals surface area contributed by atoms with E-state index in [1.807, 2.05) is 0 Å². The molecule has 0 atom stereocenters. The molecule has 0 heterocycles. The molecular weight excluding hydrogens is 373 g/mol. The van der Waals surface area contributed by atoms with Crippen molar-refractivity contribution in [2.24, 2.45) is 5.14 Å². The van der Waals surface area contributed by atoms with Crippen LogP contribution in [-0.2, 0) is 21.2 Å². The summed E-state index contributed by atoms with van der Waals surface area (Å²) in [5, 5.41) is 7.46. The van der Waals surface area contributed by atoms with Gasteiger partial charge in [0.2, 0.25) is 15.9 Å². The van der Waals surface area contributed by atoms with Gasteiger partial charge < -0.3 is 10.1 Å². The fourth-order valence-corrected chi connectivity index (χ4v) is 2.61. The Morgan fingerprint density at radius 3 is 2.35 bits per heavy atom. The van der Waals surface area contributed by atoms with Crippen LogP contribution >= 0.6 is 0 Å². The van der Waals surface area contributed by atoms with Gasteiger partial charge in [-0.05, 0) is 36.2 Å². The smallest absolute Gasteiger partial charge is 0.406 e. The summed E-state index contributed by atoms with van der Waals surface area (Å²) in [5.74, 6) is -0.849. The molecule has 0 spiro atoms. The predicted octanol–water partition coefficient (Wildman–Crippen LogP) is 2.80. The summed E-state index contributed by atoms with van der Waals surface area (Å²) in [4.78, 5) is 11.9. The molecule has 140 valence electrons. The van der Waals surface area contributed by atoms with Gasteiger partial charge in [-0.3, -0.25) is 4.79 Å². The van der Waals surface area contributed by atoms with Crippen LogP contribution in [0.3, 0.4) is 0 Å². The van der Waals surface area contributed by atoms with Gasteiger partial charge in [0.1, 0.15) is 5.75 Å². The second kappa shape index (κ2) is 7.75. The molecule has 0 unspecified atom stereocenters. The van der Waals surface area contributed by atoms with Crippen LogP contribution in [-0.4, -0.2) is 20.7 Å². The number of primary sulfonamides is 1. The van der Waals surface area contributed by atoms with Crippen LogP contribution < -0.4 is 15.2 Å². The van der Waals surface area contributed by atoms with Crippen LogP contribution in [0.15, 0.2) is 53.4 Å². The van der Waals surface area contributed by atoms with E-state index in [0.29, 0.717) is 12.0 Å². The Morgan fingerprint density at radius 2 is 1.77 bits per heavy atom. The van der Waals surface area contributed by atoms with Gasteiger partial charge in [0.05, 0.1) is 4.90 Å². The summed E-state index contributed by atoms with van der Waals surface area (Å²) in [6.45, 7) is 0. The molecule has 6 nitrogen and oxygen atoms in total. The highest BCUT2D eigenvalue weighted by molar-refractivity contribution is 7.89. The highest BCUT2D eigenvalue weighted by Crippen LogP contribution is 2.25. The molecule has 0 aliphatic rings. The maximum absolute atomic E-state index is 12.2. The second-order valence-electron chi connectivity index (χ2n) is 5.31. The van der Waals surface area contributed by atoms with Crippen LogP contribution in [0, 0.1) is 0 Å². The summed E-state index contributed by atoms with van der Waals surface area (Å²) < 4.78 is 62.7. The summed E-state index contributed by atoms with van der Waals surface area (Å²) >= 11 is 0. The fourth-order valence-electron chi connectivity index (χ4n) is 2.10. The number of aryl methyl sites for hydroxylation is 1. The first kappa shape index (κ1) is 19.7. The standard InChI is InChI=1S/C16H15F3N2O4S/c17-16(18,19)25-13-3-1-2-12(10-13)21-15(22)9-6-11-4-7-14(8-5-11)26(20,23)24/h1-5,7-8,10H,6,9H2,(H,21,22)(H2,20,23,24). The molecule has 26 heavy (non-hydrogen) atoms. The van der Waals surface area contributed by atoms with Gasteiger partial charge >= 0.3 is 6.36 Å². The Bertz CT molecular complexity index is 881. The lowest BCUT2D eigenvalue weighted by Gasteiger charge is -2.11. The van der Waals surface area contributed by atoms with Crippen molar-refractivity contribution in [1.29, 1.82) is 0 Å². The number of halogens is 3. The summed E-state index contributed by atoms with van der Waals surface area (Å²) in [6, 6.07) is 10.7. The van der Waals surface area contributed by atoms with E-state index < -0.39 is 28.0 Å². The van der Waals surface area contributed by atoms with Crippen LogP contribution in [0.2, 0.25) is 0 Å². The third-order valence-electron chi connectivity index (χ3n) is 3.24. The summed E-state index contributed by atoms with van der Waals surface area (Å²) in [5.41, 5.74) is 0.878. The molecule has 0 bridgehead atoms. The Morgan fingerprint density at radius 1 is 1.12 bits per heavy atom. The lowest BCUT2D eigenvalue weighted by atomic mass is 10.1. The fraction of sp³-hybridized carbons (Fsp3) is 0.188. The lowest BCUT2D eigenvalue weighted by Crippen LogP contribution is -2.17. The third-order valence-corrected chi connectivity index (χ3v) is 4.17. The van der Waals surface area contributed by atoms with Crippen LogP contribution in [0.25, 0.3) is 0 Å². The average Bonchev–Trinajstić information content (AvgIpc) is 2.51. The second-order valence-corrected chi connectivity index (χ2v) is 6.87. The number of nitrogens with one attached hydrogen (secondary N) is 1. The van der Waals surface area contributed by atoms with Gasteiger partial charge in [0, 0.05) is 18.2 Å². The monoisotopic (exact) mass is 388 g/mol. The topological polar surface area (TPSA) is 98.5 Å². The van der Waals surface area contributed by atoms with E-state index in [1.54, 1.807) is 0 Å². The highest BCUT2D eigenvalue weighted by Gasteiger charge is 2.31. The molecule has 10 heteroatoms. The largest absolute Gasteiger partial charge is 0.573 e. The molecule has 2 aromatic rings. The van der Waals surface area contributed by atoms with Gasteiger partial charge in [-0.25, -0.2) is 13.6 Å². The Labute approximate surface area is 147 Å². The number of hydrogen-bond donors (Lipinski definition) is 2. The van der Waals surface area contributed by atoms with E-state index in [1.165, 1.54) is 36.4 Å². The van der Waals surface area contributed by atoms with Crippen molar-refractivity contribution in [3.8, 4) is 5.75 Å². The molecule has 3 N–H and O–H groups in total. The molecule has 0 radical (unpaired) electrons. The first-order valence-corrected chi connectivity index (χ1v) is 8.85. The van der Waals surface area contributed by atoms with Gasteiger partial charge in [0.25, 0.3) is 0 Å². The molecule has 0 saturated heterocycles. The first-order valence-electron chi connectivity index (χ1n) is 7.30. The SMILES string of the molecule is NS(=O)(=O)c1ccc(CCC(=O)Nc2cccc(OC(F)(F)F)c2)cc1. The summed E-state index contributed by atoms with van der Waals surface area (Å²) in [7, 11) is -3.78. The number of carbonyl (C=O) groups is 1. The highest BCUT2D eigenvalue weighted by atomic mass is 32.2. The predicted molar refractivity (Wildman–Crippen MR) is 87.9 cm³/mol. The Kier molecular flexibility index (Phi) is 5.88. The Balaban J connectivity index is 1.92. The number of sulfonamides is 1. The van der Waals surface area contributed by atoms with E-state index in [0.717, 1.165) is 12.1 Å². The maximum atomic E-state index is 12.2. The Hall–Kier alpha value is -2.59.